The van der Waals surface area contributed by atoms with Gasteiger partial charge < -0.3 is 20.0 Å². The minimum Gasteiger partial charge on any atom is -0.504 e. The van der Waals surface area contributed by atoms with Crippen LogP contribution in [-0.4, -0.2) is 20.0 Å². The van der Waals surface area contributed by atoms with Gasteiger partial charge in [0.2, 0.25) is 0 Å². The first-order valence-electron chi connectivity index (χ1n) is 5.00. The third kappa shape index (κ3) is 4.22. The molecule has 0 aliphatic heterocycles. The Bertz CT molecular complexity index is 523. The third-order valence-electron chi connectivity index (χ3n) is 2.10. The van der Waals surface area contributed by atoms with Crippen molar-refractivity contribution < 1.29 is 24.6 Å². The summed E-state index contributed by atoms with van der Waals surface area (Å²) in [4.78, 5) is 14.3. The van der Waals surface area contributed by atoms with Gasteiger partial charge >= 0.3 is 8.25 Å². The SMILES string of the molecule is O=[PH](O)O.Oc1cccc(-c2ccccc2)c1O. The molecule has 0 aromatic heterocycles. The van der Waals surface area contributed by atoms with Gasteiger partial charge in [0.25, 0.3) is 0 Å². The molecule has 96 valence electrons. The topological polar surface area (TPSA) is 98.0 Å². The highest BCUT2D eigenvalue weighted by Crippen LogP contribution is 2.35. The van der Waals surface area contributed by atoms with Gasteiger partial charge in [-0.2, -0.15) is 0 Å². The number of hydrogen-bond acceptors (Lipinski definition) is 3. The van der Waals surface area contributed by atoms with Gasteiger partial charge in [-0.05, 0) is 11.6 Å². The summed E-state index contributed by atoms with van der Waals surface area (Å²) in [5.74, 6) is -0.162. The molecule has 0 atom stereocenters. The molecule has 2 rings (SSSR count). The minimum atomic E-state index is -3.13. The van der Waals surface area contributed by atoms with E-state index >= 15 is 0 Å². The molecule has 0 radical (unpaired) electrons. The summed E-state index contributed by atoms with van der Waals surface area (Å²) < 4.78 is 8.74. The van der Waals surface area contributed by atoms with E-state index in [9.17, 15) is 10.2 Å². The summed E-state index contributed by atoms with van der Waals surface area (Å²) >= 11 is 0. The molecular formula is C12H13O5P. The number of phenolic OH excluding ortho intramolecular Hbond substituents is 2. The maximum atomic E-state index is 9.60. The highest BCUT2D eigenvalue weighted by atomic mass is 31.1. The molecule has 0 spiro atoms. The number of aromatic hydroxyl groups is 2. The van der Waals surface area contributed by atoms with Gasteiger partial charge in [0.1, 0.15) is 0 Å². The molecular weight excluding hydrogens is 255 g/mol. The average molecular weight is 268 g/mol. The zero-order chi connectivity index (χ0) is 13.5. The lowest BCUT2D eigenvalue weighted by molar-refractivity contribution is 0.405. The average Bonchev–Trinajstić information content (AvgIpc) is 2.33. The Hall–Kier alpha value is -1.81. The normalized spacial score (nSPS) is 9.72. The van der Waals surface area contributed by atoms with Gasteiger partial charge in [-0.3, -0.25) is 4.57 Å². The van der Waals surface area contributed by atoms with E-state index in [4.69, 9.17) is 14.4 Å². The van der Waals surface area contributed by atoms with Crippen LogP contribution >= 0.6 is 8.25 Å². The highest BCUT2D eigenvalue weighted by Gasteiger charge is 2.06. The lowest BCUT2D eigenvalue weighted by Crippen LogP contribution is -1.78. The predicted molar refractivity (Wildman–Crippen MR) is 68.6 cm³/mol. The number of hydrogen-bond donors (Lipinski definition) is 4. The Morgan fingerprint density at radius 3 is 1.94 bits per heavy atom. The lowest BCUT2D eigenvalue weighted by Gasteiger charge is -2.05. The summed E-state index contributed by atoms with van der Waals surface area (Å²) in [5, 5.41) is 18.9. The van der Waals surface area contributed by atoms with E-state index in [0.717, 1.165) is 5.56 Å². The van der Waals surface area contributed by atoms with Crippen LogP contribution in [0.5, 0.6) is 11.5 Å². The van der Waals surface area contributed by atoms with Crippen molar-refractivity contribution in [1.82, 2.24) is 0 Å². The smallest absolute Gasteiger partial charge is 0.314 e. The monoisotopic (exact) mass is 268 g/mol. The molecule has 0 saturated carbocycles. The third-order valence-corrected chi connectivity index (χ3v) is 2.10. The van der Waals surface area contributed by atoms with Crippen LogP contribution < -0.4 is 0 Å². The first-order chi connectivity index (χ1) is 8.52. The van der Waals surface area contributed by atoms with Crippen molar-refractivity contribution >= 4 is 8.25 Å². The fourth-order valence-electron chi connectivity index (χ4n) is 1.38. The minimum absolute atomic E-state index is 0.0706. The summed E-state index contributed by atoms with van der Waals surface area (Å²) in [7, 11) is -3.13. The van der Waals surface area contributed by atoms with E-state index in [0.29, 0.717) is 5.56 Å². The fourth-order valence-corrected chi connectivity index (χ4v) is 1.38. The molecule has 2 aromatic carbocycles. The second-order valence-corrected chi connectivity index (χ2v) is 3.89. The first kappa shape index (κ1) is 14.3. The number of rotatable bonds is 1. The molecule has 0 bridgehead atoms. The fraction of sp³-hybridized carbons (Fsp3) is 0. The molecule has 6 heteroatoms. The first-order valence-corrected chi connectivity index (χ1v) is 6.31. The van der Waals surface area contributed by atoms with Crippen molar-refractivity contribution in [2.24, 2.45) is 0 Å². The Labute approximate surface area is 105 Å². The molecule has 0 unspecified atom stereocenters. The van der Waals surface area contributed by atoms with Crippen LogP contribution in [0.25, 0.3) is 11.1 Å². The second-order valence-electron chi connectivity index (χ2n) is 3.32. The van der Waals surface area contributed by atoms with Gasteiger partial charge in [-0.25, -0.2) is 0 Å². The van der Waals surface area contributed by atoms with E-state index < -0.39 is 8.25 Å². The molecule has 0 aliphatic carbocycles. The quantitative estimate of drug-likeness (QED) is 0.469. The highest BCUT2D eigenvalue weighted by molar-refractivity contribution is 7.30. The summed E-state index contributed by atoms with van der Waals surface area (Å²) in [6.45, 7) is 0. The van der Waals surface area contributed by atoms with Crippen molar-refractivity contribution in [3.05, 3.63) is 48.5 Å². The maximum Gasteiger partial charge on any atom is 0.314 e. The molecule has 0 amide bonds. The number of para-hydroxylation sites is 1. The van der Waals surface area contributed by atoms with Crippen LogP contribution in [0.4, 0.5) is 0 Å². The lowest BCUT2D eigenvalue weighted by atomic mass is 10.0. The van der Waals surface area contributed by atoms with E-state index in [1.165, 1.54) is 6.07 Å². The van der Waals surface area contributed by atoms with E-state index in [2.05, 4.69) is 0 Å². The molecule has 5 nitrogen and oxygen atoms in total. The van der Waals surface area contributed by atoms with Crippen LogP contribution in [0.2, 0.25) is 0 Å². The maximum absolute atomic E-state index is 9.60. The summed E-state index contributed by atoms with van der Waals surface area (Å²) in [5.41, 5.74) is 1.53. The Balaban J connectivity index is 0.000000357. The predicted octanol–water partition coefficient (Wildman–Crippen LogP) is 2.13. The molecule has 0 heterocycles. The molecule has 2 aromatic rings. The zero-order valence-corrected chi connectivity index (χ0v) is 10.3. The molecule has 0 saturated heterocycles. The van der Waals surface area contributed by atoms with Crippen molar-refractivity contribution in [2.75, 3.05) is 0 Å². The molecule has 18 heavy (non-hydrogen) atoms. The molecule has 4 N–H and O–H groups in total. The zero-order valence-electron chi connectivity index (χ0n) is 9.32. The van der Waals surface area contributed by atoms with Gasteiger partial charge in [0, 0.05) is 5.56 Å². The molecule has 0 aliphatic rings. The van der Waals surface area contributed by atoms with E-state index in [1.54, 1.807) is 12.1 Å². The van der Waals surface area contributed by atoms with Crippen LogP contribution in [0.15, 0.2) is 48.5 Å². The van der Waals surface area contributed by atoms with Crippen molar-refractivity contribution in [1.29, 1.82) is 0 Å². The van der Waals surface area contributed by atoms with E-state index in [-0.39, 0.29) is 11.5 Å². The van der Waals surface area contributed by atoms with Gasteiger partial charge in [0.15, 0.2) is 11.5 Å². The van der Waals surface area contributed by atoms with Crippen molar-refractivity contribution in [2.45, 2.75) is 0 Å². The number of benzene rings is 2. The largest absolute Gasteiger partial charge is 0.504 e. The Kier molecular flexibility index (Phi) is 5.39. The Morgan fingerprint density at radius 1 is 0.833 bits per heavy atom. The standard InChI is InChI=1S/C12H10O2.H3O3P/c13-11-8-4-7-10(12(11)14)9-5-2-1-3-6-9;1-4(2)3/h1-8,13-14H;4H,(H2,1,2,3). The van der Waals surface area contributed by atoms with E-state index in [1.807, 2.05) is 30.3 Å². The molecule has 0 fully saturated rings. The second kappa shape index (κ2) is 6.81. The summed E-state index contributed by atoms with van der Waals surface area (Å²) in [6.07, 6.45) is 0. The summed E-state index contributed by atoms with van der Waals surface area (Å²) in [6, 6.07) is 14.4. The van der Waals surface area contributed by atoms with Crippen LogP contribution in [0.1, 0.15) is 0 Å². The van der Waals surface area contributed by atoms with Crippen molar-refractivity contribution in [3.63, 3.8) is 0 Å². The number of phenols is 2. The van der Waals surface area contributed by atoms with Gasteiger partial charge in [-0.15, -0.1) is 0 Å². The van der Waals surface area contributed by atoms with Crippen molar-refractivity contribution in [3.8, 4) is 22.6 Å². The van der Waals surface area contributed by atoms with Crippen LogP contribution in [0, 0.1) is 0 Å². The van der Waals surface area contributed by atoms with Crippen LogP contribution in [0.3, 0.4) is 0 Å². The van der Waals surface area contributed by atoms with Gasteiger partial charge in [-0.1, -0.05) is 42.5 Å². The van der Waals surface area contributed by atoms with Crippen LogP contribution in [-0.2, 0) is 4.57 Å². The Morgan fingerprint density at radius 2 is 1.39 bits per heavy atom. The van der Waals surface area contributed by atoms with Gasteiger partial charge in [0.05, 0.1) is 0 Å².